The van der Waals surface area contributed by atoms with Gasteiger partial charge in [0.05, 0.1) is 24.0 Å². The molecule has 0 aliphatic carbocycles. The summed E-state index contributed by atoms with van der Waals surface area (Å²) in [7, 11) is 1.76. The normalized spacial score (nSPS) is 10.8. The van der Waals surface area contributed by atoms with Crippen molar-refractivity contribution in [3.8, 4) is 0 Å². The van der Waals surface area contributed by atoms with E-state index < -0.39 is 0 Å². The molecule has 7 heteroatoms. The maximum absolute atomic E-state index is 12.7. The van der Waals surface area contributed by atoms with Gasteiger partial charge in [-0.3, -0.25) is 14.5 Å². The molecule has 1 aromatic carbocycles. The Labute approximate surface area is 175 Å². The van der Waals surface area contributed by atoms with Gasteiger partial charge >= 0.3 is 0 Å². The fraction of sp³-hybridized carbons (Fsp3) is 0.333. The van der Waals surface area contributed by atoms with E-state index in [1.165, 1.54) is 11.3 Å². The molecule has 2 rings (SSSR count). The van der Waals surface area contributed by atoms with Gasteiger partial charge in [0, 0.05) is 17.1 Å². The zero-order valence-electron chi connectivity index (χ0n) is 16.5. The van der Waals surface area contributed by atoms with Crippen LogP contribution < -0.4 is 5.32 Å². The lowest BCUT2D eigenvalue weighted by molar-refractivity contribution is -0.132. The number of likely N-dealkylation sites (N-methyl/N-ethyl adjacent to an activating group) is 1. The topological polar surface area (TPSA) is 52.7 Å². The van der Waals surface area contributed by atoms with Crippen LogP contribution in [-0.2, 0) is 16.1 Å². The van der Waals surface area contributed by atoms with Crippen LogP contribution in [-0.4, -0.2) is 48.3 Å². The quantitative estimate of drug-likeness (QED) is 0.622. The number of anilines is 1. The number of nitrogens with one attached hydrogen (secondary N) is 1. The molecule has 150 valence electrons. The van der Waals surface area contributed by atoms with E-state index in [1.807, 2.05) is 44.2 Å². The van der Waals surface area contributed by atoms with Crippen LogP contribution in [0.25, 0.3) is 0 Å². The number of carbonyl (C=O) groups is 2. The Morgan fingerprint density at radius 2 is 1.96 bits per heavy atom. The molecule has 0 aliphatic heterocycles. The number of hydrogen-bond acceptors (Lipinski definition) is 4. The molecule has 1 heterocycles. The number of nitrogens with zero attached hydrogens (tertiary/aromatic N) is 2. The lowest BCUT2D eigenvalue weighted by Gasteiger charge is -2.24. The van der Waals surface area contributed by atoms with Crippen LogP contribution >= 0.6 is 22.9 Å². The van der Waals surface area contributed by atoms with E-state index in [1.54, 1.807) is 22.9 Å². The smallest absolute Gasteiger partial charge is 0.238 e. The molecular formula is C21H26ClN3O2S. The monoisotopic (exact) mass is 419 g/mol. The molecule has 5 nitrogen and oxygen atoms in total. The van der Waals surface area contributed by atoms with E-state index in [4.69, 9.17) is 11.6 Å². The summed E-state index contributed by atoms with van der Waals surface area (Å²) in [6.07, 6.45) is 1.69. The molecular weight excluding hydrogens is 394 g/mol. The number of amides is 2. The second kappa shape index (κ2) is 10.4. The summed E-state index contributed by atoms with van der Waals surface area (Å²) in [4.78, 5) is 29.4. The number of carbonyl (C=O) groups excluding carboxylic acids is 2. The van der Waals surface area contributed by atoms with Crippen LogP contribution in [0.15, 0.2) is 43.0 Å². The molecule has 0 spiro atoms. The Kier molecular flexibility index (Phi) is 8.23. The third-order valence-corrected chi connectivity index (χ3v) is 5.59. The van der Waals surface area contributed by atoms with E-state index in [9.17, 15) is 9.59 Å². The molecule has 2 aromatic rings. The maximum atomic E-state index is 12.7. The van der Waals surface area contributed by atoms with Crippen molar-refractivity contribution in [1.82, 2.24) is 9.80 Å². The summed E-state index contributed by atoms with van der Waals surface area (Å²) in [6, 6.07) is 9.53. The summed E-state index contributed by atoms with van der Waals surface area (Å²) in [5.74, 6) is -0.212. The third kappa shape index (κ3) is 6.48. The molecule has 0 radical (unpaired) electrons. The van der Waals surface area contributed by atoms with Crippen molar-refractivity contribution in [3.05, 3.63) is 63.3 Å². The molecule has 0 saturated heterocycles. The highest BCUT2D eigenvalue weighted by molar-refractivity contribution is 7.16. The van der Waals surface area contributed by atoms with Gasteiger partial charge in [0.2, 0.25) is 11.8 Å². The molecule has 2 amide bonds. The molecule has 0 unspecified atom stereocenters. The highest BCUT2D eigenvalue weighted by atomic mass is 35.5. The number of thiophene rings is 1. The van der Waals surface area contributed by atoms with Gasteiger partial charge < -0.3 is 10.2 Å². The van der Waals surface area contributed by atoms with Crippen LogP contribution in [0, 0.1) is 13.8 Å². The Balaban J connectivity index is 1.91. The van der Waals surface area contributed by atoms with Crippen molar-refractivity contribution >= 4 is 40.4 Å². The second-order valence-corrected chi connectivity index (χ2v) is 8.54. The molecule has 0 fully saturated rings. The highest BCUT2D eigenvalue weighted by Crippen LogP contribution is 2.23. The number of halogens is 1. The zero-order chi connectivity index (χ0) is 20.7. The SMILES string of the molecule is C=CCN(Cc1ccc(Cl)s1)C(=O)CN(C)CC(=O)Nc1cccc(C)c1C. The summed E-state index contributed by atoms with van der Waals surface area (Å²) in [5, 5.41) is 2.92. The average molecular weight is 420 g/mol. The van der Waals surface area contributed by atoms with Gasteiger partial charge in [0.25, 0.3) is 0 Å². The van der Waals surface area contributed by atoms with Gasteiger partial charge in [-0.1, -0.05) is 29.8 Å². The van der Waals surface area contributed by atoms with Gasteiger partial charge in [0.1, 0.15) is 0 Å². The Morgan fingerprint density at radius 1 is 1.21 bits per heavy atom. The standard InChI is InChI=1S/C21H26ClN3O2S/c1-5-11-25(12-17-9-10-19(22)28-17)21(27)14-24(4)13-20(26)23-18-8-6-7-15(2)16(18)3/h5-10H,1,11-14H2,2-4H3,(H,23,26). The number of benzene rings is 1. The second-order valence-electron chi connectivity index (χ2n) is 6.74. The van der Waals surface area contributed by atoms with Crippen LogP contribution in [0.5, 0.6) is 0 Å². The van der Waals surface area contributed by atoms with Crippen molar-refractivity contribution in [2.75, 3.05) is 32.0 Å². The largest absolute Gasteiger partial charge is 0.333 e. The lowest BCUT2D eigenvalue weighted by atomic mass is 10.1. The van der Waals surface area contributed by atoms with E-state index in [0.717, 1.165) is 21.7 Å². The van der Waals surface area contributed by atoms with Crippen LogP contribution in [0.3, 0.4) is 0 Å². The van der Waals surface area contributed by atoms with Gasteiger partial charge in [0.15, 0.2) is 0 Å². The summed E-state index contributed by atoms with van der Waals surface area (Å²) in [6.45, 7) is 8.90. The molecule has 0 atom stereocenters. The molecule has 0 saturated carbocycles. The predicted molar refractivity (Wildman–Crippen MR) is 117 cm³/mol. The van der Waals surface area contributed by atoms with Crippen LogP contribution in [0.4, 0.5) is 5.69 Å². The summed E-state index contributed by atoms with van der Waals surface area (Å²) >= 11 is 7.42. The minimum Gasteiger partial charge on any atom is -0.333 e. The maximum Gasteiger partial charge on any atom is 0.238 e. The third-order valence-electron chi connectivity index (χ3n) is 4.38. The first-order valence-electron chi connectivity index (χ1n) is 8.97. The van der Waals surface area contributed by atoms with E-state index >= 15 is 0 Å². The molecule has 0 bridgehead atoms. The van der Waals surface area contributed by atoms with Crippen molar-refractivity contribution in [3.63, 3.8) is 0 Å². The van der Waals surface area contributed by atoms with Gasteiger partial charge in [-0.25, -0.2) is 0 Å². The number of rotatable bonds is 9. The van der Waals surface area contributed by atoms with E-state index in [0.29, 0.717) is 17.4 Å². The highest BCUT2D eigenvalue weighted by Gasteiger charge is 2.17. The summed E-state index contributed by atoms with van der Waals surface area (Å²) in [5.41, 5.74) is 2.96. The van der Waals surface area contributed by atoms with Crippen LogP contribution in [0.1, 0.15) is 16.0 Å². The zero-order valence-corrected chi connectivity index (χ0v) is 18.1. The van der Waals surface area contributed by atoms with Crippen molar-refractivity contribution in [2.24, 2.45) is 0 Å². The lowest BCUT2D eigenvalue weighted by Crippen LogP contribution is -2.41. The molecule has 0 aliphatic rings. The Hall–Kier alpha value is -2.15. The minimum atomic E-state index is -0.149. The Bertz CT molecular complexity index is 850. The molecule has 1 N–H and O–H groups in total. The average Bonchev–Trinajstić information content (AvgIpc) is 3.03. The van der Waals surface area contributed by atoms with Gasteiger partial charge in [-0.05, 0) is 50.2 Å². The first-order chi connectivity index (χ1) is 13.3. The fourth-order valence-corrected chi connectivity index (χ4v) is 3.85. The van der Waals surface area contributed by atoms with Crippen molar-refractivity contribution in [1.29, 1.82) is 0 Å². The number of aryl methyl sites for hydroxylation is 1. The fourth-order valence-electron chi connectivity index (χ4n) is 2.74. The van der Waals surface area contributed by atoms with E-state index in [2.05, 4.69) is 11.9 Å². The summed E-state index contributed by atoms with van der Waals surface area (Å²) < 4.78 is 0.696. The first-order valence-corrected chi connectivity index (χ1v) is 10.2. The molecule has 28 heavy (non-hydrogen) atoms. The van der Waals surface area contributed by atoms with Gasteiger partial charge in [-0.2, -0.15) is 0 Å². The Morgan fingerprint density at radius 3 is 2.61 bits per heavy atom. The van der Waals surface area contributed by atoms with Gasteiger partial charge in [-0.15, -0.1) is 17.9 Å². The van der Waals surface area contributed by atoms with Crippen LogP contribution in [0.2, 0.25) is 4.34 Å². The predicted octanol–water partition coefficient (Wildman–Crippen LogP) is 4.10. The number of hydrogen-bond donors (Lipinski definition) is 1. The minimum absolute atomic E-state index is 0.0635. The van der Waals surface area contributed by atoms with Crippen molar-refractivity contribution in [2.45, 2.75) is 20.4 Å². The van der Waals surface area contributed by atoms with Crippen molar-refractivity contribution < 1.29 is 9.59 Å². The molecule has 1 aromatic heterocycles. The first kappa shape index (κ1) is 22.1. The van der Waals surface area contributed by atoms with E-state index in [-0.39, 0.29) is 24.9 Å².